The summed E-state index contributed by atoms with van der Waals surface area (Å²) in [4.78, 5) is 23.6. The molecule has 0 fully saturated rings. The maximum absolute atomic E-state index is 14.3. The first kappa shape index (κ1) is 22.4. The van der Waals surface area contributed by atoms with E-state index in [4.69, 9.17) is 14.2 Å². The van der Waals surface area contributed by atoms with Crippen molar-refractivity contribution in [1.82, 2.24) is 9.97 Å². The van der Waals surface area contributed by atoms with Crippen molar-refractivity contribution in [2.75, 3.05) is 26.2 Å². The summed E-state index contributed by atoms with van der Waals surface area (Å²) < 4.78 is 44.3. The predicted octanol–water partition coefficient (Wildman–Crippen LogP) is 4.84. The Labute approximate surface area is 192 Å². The van der Waals surface area contributed by atoms with Gasteiger partial charge in [0.25, 0.3) is 5.91 Å². The van der Waals surface area contributed by atoms with Crippen molar-refractivity contribution in [3.05, 3.63) is 71.6 Å². The SMILES string of the molecule is COc1cc(C(=O)N(Cc2ccccn2)c2nc3c(F)cc(F)cc3s2)cc(OC)c1OC. The van der Waals surface area contributed by atoms with Crippen LogP contribution in [-0.4, -0.2) is 37.2 Å². The number of nitrogens with zero attached hydrogens (tertiary/aromatic N) is 3. The van der Waals surface area contributed by atoms with Crippen LogP contribution in [0.25, 0.3) is 10.2 Å². The van der Waals surface area contributed by atoms with E-state index in [1.807, 2.05) is 0 Å². The molecule has 0 N–H and O–H groups in total. The monoisotopic (exact) mass is 471 g/mol. The molecule has 7 nitrogen and oxygen atoms in total. The van der Waals surface area contributed by atoms with Gasteiger partial charge >= 0.3 is 0 Å². The van der Waals surface area contributed by atoms with Crippen LogP contribution in [0.3, 0.4) is 0 Å². The van der Waals surface area contributed by atoms with E-state index >= 15 is 0 Å². The predicted molar refractivity (Wildman–Crippen MR) is 120 cm³/mol. The Morgan fingerprint density at radius 3 is 2.36 bits per heavy atom. The Bertz CT molecular complexity index is 1290. The second-order valence-electron chi connectivity index (χ2n) is 6.86. The number of halogens is 2. The number of thiazole rings is 1. The zero-order valence-corrected chi connectivity index (χ0v) is 18.8. The van der Waals surface area contributed by atoms with Crippen LogP contribution >= 0.6 is 11.3 Å². The zero-order valence-electron chi connectivity index (χ0n) is 18.0. The van der Waals surface area contributed by atoms with Gasteiger partial charge in [0.1, 0.15) is 11.3 Å². The second-order valence-corrected chi connectivity index (χ2v) is 7.87. The number of hydrogen-bond acceptors (Lipinski definition) is 7. The maximum atomic E-state index is 14.3. The highest BCUT2D eigenvalue weighted by molar-refractivity contribution is 7.22. The average Bonchev–Trinajstić information content (AvgIpc) is 3.25. The lowest BCUT2D eigenvalue weighted by molar-refractivity contribution is 0.0984. The standard InChI is InChI=1S/C23H19F2N3O4S/c1-30-17-8-13(9-18(31-2)21(17)32-3)22(29)28(12-15-6-4-5-7-26-15)23-27-20-16(25)10-14(24)11-19(20)33-23/h4-11H,12H2,1-3H3. The Morgan fingerprint density at radius 2 is 1.76 bits per heavy atom. The summed E-state index contributed by atoms with van der Waals surface area (Å²) in [5.74, 6) is -1.04. The molecule has 10 heteroatoms. The third-order valence-electron chi connectivity index (χ3n) is 4.84. The van der Waals surface area contributed by atoms with E-state index in [1.165, 1.54) is 44.4 Å². The molecular weight excluding hydrogens is 452 g/mol. The van der Waals surface area contributed by atoms with Crippen LogP contribution in [0, 0.1) is 11.6 Å². The molecule has 0 unspecified atom stereocenters. The summed E-state index contributed by atoms with van der Waals surface area (Å²) in [7, 11) is 4.36. The van der Waals surface area contributed by atoms with E-state index in [-0.39, 0.29) is 27.5 Å². The first-order chi connectivity index (χ1) is 15.9. The Balaban J connectivity index is 1.83. The largest absolute Gasteiger partial charge is 0.493 e. The number of pyridine rings is 1. The Kier molecular flexibility index (Phi) is 6.36. The molecule has 0 aliphatic rings. The quantitative estimate of drug-likeness (QED) is 0.384. The van der Waals surface area contributed by atoms with Crippen molar-refractivity contribution in [2.24, 2.45) is 0 Å². The van der Waals surface area contributed by atoms with Gasteiger partial charge in [0, 0.05) is 17.8 Å². The lowest BCUT2D eigenvalue weighted by Crippen LogP contribution is -2.30. The van der Waals surface area contributed by atoms with Crippen molar-refractivity contribution >= 4 is 32.6 Å². The lowest BCUT2D eigenvalue weighted by Gasteiger charge is -2.21. The minimum atomic E-state index is -0.800. The number of anilines is 1. The number of rotatable bonds is 7. The van der Waals surface area contributed by atoms with Crippen molar-refractivity contribution in [1.29, 1.82) is 0 Å². The molecule has 1 amide bonds. The van der Waals surface area contributed by atoms with E-state index in [0.29, 0.717) is 22.9 Å². The van der Waals surface area contributed by atoms with E-state index in [1.54, 1.807) is 24.4 Å². The zero-order chi connectivity index (χ0) is 23.5. The first-order valence-electron chi connectivity index (χ1n) is 9.72. The van der Waals surface area contributed by atoms with Crippen molar-refractivity contribution in [2.45, 2.75) is 6.54 Å². The fourth-order valence-corrected chi connectivity index (χ4v) is 4.30. The smallest absolute Gasteiger partial charge is 0.260 e. The fourth-order valence-electron chi connectivity index (χ4n) is 3.30. The number of carbonyl (C=O) groups excluding carboxylic acids is 1. The third-order valence-corrected chi connectivity index (χ3v) is 5.86. The number of amides is 1. The van der Waals surface area contributed by atoms with Crippen LogP contribution in [0.2, 0.25) is 0 Å². The highest BCUT2D eigenvalue weighted by Gasteiger charge is 2.26. The lowest BCUT2D eigenvalue weighted by atomic mass is 10.1. The van der Waals surface area contributed by atoms with Gasteiger partial charge in [-0.25, -0.2) is 13.8 Å². The van der Waals surface area contributed by atoms with Crippen molar-refractivity contribution in [3.63, 3.8) is 0 Å². The summed E-state index contributed by atoms with van der Waals surface area (Å²) in [5, 5.41) is 0.193. The molecular formula is C23H19F2N3O4S. The number of fused-ring (bicyclic) bond motifs is 1. The summed E-state index contributed by atoms with van der Waals surface area (Å²) in [5.41, 5.74) is 0.802. The van der Waals surface area contributed by atoms with Gasteiger partial charge < -0.3 is 14.2 Å². The molecule has 0 bridgehead atoms. The normalized spacial score (nSPS) is 10.8. The Hall–Kier alpha value is -3.79. The number of methoxy groups -OCH3 is 3. The molecule has 2 heterocycles. The van der Waals surface area contributed by atoms with Crippen molar-refractivity contribution in [3.8, 4) is 17.2 Å². The first-order valence-corrected chi connectivity index (χ1v) is 10.5. The van der Waals surface area contributed by atoms with Gasteiger partial charge in [0.2, 0.25) is 5.75 Å². The van der Waals surface area contributed by atoms with Crippen LogP contribution in [0.1, 0.15) is 16.1 Å². The van der Waals surface area contributed by atoms with E-state index < -0.39 is 17.5 Å². The number of benzene rings is 2. The van der Waals surface area contributed by atoms with Crippen LogP contribution in [-0.2, 0) is 6.54 Å². The molecule has 0 atom stereocenters. The molecule has 0 aliphatic heterocycles. The number of carbonyl (C=O) groups is 1. The van der Waals surface area contributed by atoms with E-state index in [0.717, 1.165) is 17.4 Å². The van der Waals surface area contributed by atoms with Gasteiger partial charge in [-0.05, 0) is 30.3 Å². The summed E-state index contributed by atoms with van der Waals surface area (Å²) in [6.45, 7) is 0.0558. The average molecular weight is 471 g/mol. The van der Waals surface area contributed by atoms with Crippen LogP contribution < -0.4 is 19.1 Å². The highest BCUT2D eigenvalue weighted by atomic mass is 32.1. The van der Waals surface area contributed by atoms with Gasteiger partial charge in [-0.3, -0.25) is 14.7 Å². The van der Waals surface area contributed by atoms with E-state index in [9.17, 15) is 13.6 Å². The molecule has 33 heavy (non-hydrogen) atoms. The summed E-state index contributed by atoms with van der Waals surface area (Å²) in [6.07, 6.45) is 1.60. The molecule has 4 aromatic rings. The fraction of sp³-hybridized carbons (Fsp3) is 0.174. The number of ether oxygens (including phenoxy) is 3. The van der Waals surface area contributed by atoms with Crippen LogP contribution in [0.4, 0.5) is 13.9 Å². The minimum absolute atomic E-state index is 0.0138. The number of aromatic nitrogens is 2. The maximum Gasteiger partial charge on any atom is 0.260 e. The summed E-state index contributed by atoms with van der Waals surface area (Å²) in [6, 6.07) is 10.3. The molecule has 170 valence electrons. The molecule has 4 rings (SSSR count). The van der Waals surface area contributed by atoms with Gasteiger partial charge in [-0.2, -0.15) is 0 Å². The summed E-state index contributed by atoms with van der Waals surface area (Å²) >= 11 is 1.00. The molecule has 0 spiro atoms. The molecule has 0 saturated heterocycles. The van der Waals surface area contributed by atoms with Gasteiger partial charge in [-0.15, -0.1) is 0 Å². The van der Waals surface area contributed by atoms with Gasteiger partial charge in [0.15, 0.2) is 22.4 Å². The molecule has 2 aromatic heterocycles. The molecule has 0 saturated carbocycles. The highest BCUT2D eigenvalue weighted by Crippen LogP contribution is 2.39. The van der Waals surface area contributed by atoms with Crippen LogP contribution in [0.5, 0.6) is 17.2 Å². The van der Waals surface area contributed by atoms with Gasteiger partial charge in [0.05, 0.1) is 38.3 Å². The second kappa shape index (κ2) is 9.37. The number of hydrogen-bond donors (Lipinski definition) is 0. The third kappa shape index (κ3) is 4.42. The van der Waals surface area contributed by atoms with Crippen molar-refractivity contribution < 1.29 is 27.8 Å². The molecule has 0 aliphatic carbocycles. The topological polar surface area (TPSA) is 73.8 Å². The van der Waals surface area contributed by atoms with Gasteiger partial charge in [-0.1, -0.05) is 17.4 Å². The molecule has 2 aromatic carbocycles. The molecule has 0 radical (unpaired) electrons. The Morgan fingerprint density at radius 1 is 1.03 bits per heavy atom. The van der Waals surface area contributed by atoms with E-state index in [2.05, 4.69) is 9.97 Å². The van der Waals surface area contributed by atoms with Crippen LogP contribution in [0.15, 0.2) is 48.7 Å². The minimum Gasteiger partial charge on any atom is -0.493 e.